The van der Waals surface area contributed by atoms with Crippen LogP contribution in [0.2, 0.25) is 5.02 Å². The molecule has 2 rings (SSSR count). The molecule has 0 saturated carbocycles. The highest BCUT2D eigenvalue weighted by Gasteiger charge is 2.24. The van der Waals surface area contributed by atoms with Crippen molar-refractivity contribution in [3.05, 3.63) is 28.8 Å². The number of nitrogens with one attached hydrogen (secondary N) is 1. The number of hydrogen-bond acceptors (Lipinski definition) is 4. The Morgan fingerprint density at radius 2 is 2.25 bits per heavy atom. The summed E-state index contributed by atoms with van der Waals surface area (Å²) in [4.78, 5) is 11.1. The molecule has 1 atom stereocenters. The van der Waals surface area contributed by atoms with Gasteiger partial charge in [-0.15, -0.1) is 0 Å². The summed E-state index contributed by atoms with van der Waals surface area (Å²) in [5, 5.41) is 9.28. The van der Waals surface area contributed by atoms with Crippen LogP contribution in [0.3, 0.4) is 0 Å². The maximum atomic E-state index is 12.0. The van der Waals surface area contributed by atoms with E-state index in [-0.39, 0.29) is 28.1 Å². The van der Waals surface area contributed by atoms with Crippen LogP contribution in [0.25, 0.3) is 0 Å². The van der Waals surface area contributed by atoms with Crippen LogP contribution in [0.15, 0.2) is 18.2 Å². The maximum absolute atomic E-state index is 12.0. The Labute approximate surface area is 121 Å². The molecule has 1 fully saturated rings. The number of carboxylic acid groups (broad SMARTS) is 1. The van der Waals surface area contributed by atoms with Gasteiger partial charge in [0.25, 0.3) is 0 Å². The molecule has 1 aliphatic rings. The molecule has 1 saturated heterocycles. The van der Waals surface area contributed by atoms with E-state index in [1.54, 1.807) is 0 Å². The number of rotatable bonds is 5. The average Bonchev–Trinajstić information content (AvgIpc) is 2.82. The normalized spacial score (nSPS) is 18.9. The van der Waals surface area contributed by atoms with Gasteiger partial charge in [0.15, 0.2) is 0 Å². The molecule has 1 aromatic carbocycles. The number of halogens is 1. The summed E-state index contributed by atoms with van der Waals surface area (Å²) in [6, 6.07) is 3.96. The second-order valence-electron chi connectivity index (χ2n) is 4.51. The van der Waals surface area contributed by atoms with Gasteiger partial charge in [-0.1, -0.05) is 11.6 Å². The van der Waals surface area contributed by atoms with Crippen LogP contribution in [-0.4, -0.2) is 38.0 Å². The SMILES string of the molecule is O=C(O)c1cc(Cl)ccc1NS(=O)(=O)CC1CCCO1. The van der Waals surface area contributed by atoms with E-state index in [4.69, 9.17) is 21.4 Å². The van der Waals surface area contributed by atoms with Crippen LogP contribution in [0.1, 0.15) is 23.2 Å². The van der Waals surface area contributed by atoms with E-state index in [1.165, 1.54) is 18.2 Å². The van der Waals surface area contributed by atoms with Crippen LogP contribution in [0, 0.1) is 0 Å². The van der Waals surface area contributed by atoms with Crippen molar-refractivity contribution in [2.24, 2.45) is 0 Å². The monoisotopic (exact) mass is 319 g/mol. The summed E-state index contributed by atoms with van der Waals surface area (Å²) in [7, 11) is -3.67. The Balaban J connectivity index is 2.18. The smallest absolute Gasteiger partial charge is 0.337 e. The lowest BCUT2D eigenvalue weighted by Gasteiger charge is -2.13. The molecule has 1 unspecified atom stereocenters. The van der Waals surface area contributed by atoms with Gasteiger partial charge < -0.3 is 9.84 Å². The van der Waals surface area contributed by atoms with Gasteiger partial charge in [-0.05, 0) is 31.0 Å². The molecule has 0 amide bonds. The van der Waals surface area contributed by atoms with Crippen molar-refractivity contribution in [1.29, 1.82) is 0 Å². The number of benzene rings is 1. The van der Waals surface area contributed by atoms with Gasteiger partial charge in [0.1, 0.15) is 0 Å². The molecule has 0 aliphatic carbocycles. The summed E-state index contributed by atoms with van der Waals surface area (Å²) in [6.45, 7) is 0.557. The second-order valence-corrected chi connectivity index (χ2v) is 6.72. The third-order valence-electron chi connectivity index (χ3n) is 2.91. The molecular weight excluding hydrogens is 306 g/mol. The minimum atomic E-state index is -3.67. The Hall–Kier alpha value is -1.31. The topological polar surface area (TPSA) is 92.7 Å². The lowest BCUT2D eigenvalue weighted by Crippen LogP contribution is -2.26. The summed E-state index contributed by atoms with van der Waals surface area (Å²) in [5.41, 5.74) is -0.187. The third-order valence-corrected chi connectivity index (χ3v) is 4.48. The average molecular weight is 320 g/mol. The first kappa shape index (κ1) is 15.1. The molecule has 0 spiro atoms. The highest BCUT2D eigenvalue weighted by atomic mass is 35.5. The Kier molecular flexibility index (Phi) is 4.52. The first-order valence-electron chi connectivity index (χ1n) is 6.02. The quantitative estimate of drug-likeness (QED) is 0.865. The van der Waals surface area contributed by atoms with Crippen LogP contribution in [0.5, 0.6) is 0 Å². The predicted octanol–water partition coefficient (Wildman–Crippen LogP) is 1.96. The molecule has 0 bridgehead atoms. The predicted molar refractivity (Wildman–Crippen MR) is 74.8 cm³/mol. The first-order chi connectivity index (χ1) is 9.37. The van der Waals surface area contributed by atoms with Crippen molar-refractivity contribution < 1.29 is 23.1 Å². The third kappa shape index (κ3) is 3.84. The largest absolute Gasteiger partial charge is 0.478 e. The Morgan fingerprint density at radius 3 is 2.85 bits per heavy atom. The van der Waals surface area contributed by atoms with Crippen LogP contribution >= 0.6 is 11.6 Å². The highest BCUT2D eigenvalue weighted by molar-refractivity contribution is 7.92. The second kappa shape index (κ2) is 5.99. The molecule has 0 radical (unpaired) electrons. The first-order valence-corrected chi connectivity index (χ1v) is 8.05. The fraction of sp³-hybridized carbons (Fsp3) is 0.417. The van der Waals surface area contributed by atoms with Gasteiger partial charge in [-0.25, -0.2) is 13.2 Å². The van der Waals surface area contributed by atoms with Crippen molar-refractivity contribution in [3.8, 4) is 0 Å². The molecule has 2 N–H and O–H groups in total. The van der Waals surface area contributed by atoms with E-state index in [0.717, 1.165) is 6.42 Å². The van der Waals surface area contributed by atoms with Gasteiger partial charge >= 0.3 is 5.97 Å². The fourth-order valence-electron chi connectivity index (χ4n) is 2.01. The van der Waals surface area contributed by atoms with Crippen molar-refractivity contribution in [2.75, 3.05) is 17.1 Å². The van der Waals surface area contributed by atoms with Crippen molar-refractivity contribution in [2.45, 2.75) is 18.9 Å². The summed E-state index contributed by atoms with van der Waals surface area (Å²) in [6.07, 6.45) is 1.18. The van der Waals surface area contributed by atoms with Crippen molar-refractivity contribution in [1.82, 2.24) is 0 Å². The summed E-state index contributed by atoms with van der Waals surface area (Å²) >= 11 is 5.71. The molecule has 8 heteroatoms. The van der Waals surface area contributed by atoms with Gasteiger partial charge in [0, 0.05) is 11.6 Å². The van der Waals surface area contributed by atoms with Crippen molar-refractivity contribution >= 4 is 33.3 Å². The van der Waals surface area contributed by atoms with Gasteiger partial charge in [0.05, 0.1) is 23.1 Å². The molecule has 0 aromatic heterocycles. The highest BCUT2D eigenvalue weighted by Crippen LogP contribution is 2.23. The summed E-state index contributed by atoms with van der Waals surface area (Å²) < 4.78 is 31.5. The van der Waals surface area contributed by atoms with E-state index in [0.29, 0.717) is 13.0 Å². The van der Waals surface area contributed by atoms with Crippen molar-refractivity contribution in [3.63, 3.8) is 0 Å². The lowest BCUT2D eigenvalue weighted by molar-refractivity contribution is 0.0698. The number of hydrogen-bond donors (Lipinski definition) is 2. The molecule has 6 nitrogen and oxygen atoms in total. The number of aromatic carboxylic acids is 1. The molecule has 1 heterocycles. The fourth-order valence-corrected chi connectivity index (χ4v) is 3.53. The molecule has 1 aliphatic heterocycles. The minimum absolute atomic E-state index is 0.0000954. The van der Waals surface area contributed by atoms with E-state index in [1.807, 2.05) is 0 Å². The number of anilines is 1. The lowest BCUT2D eigenvalue weighted by atomic mass is 10.2. The zero-order valence-electron chi connectivity index (χ0n) is 10.5. The van der Waals surface area contributed by atoms with E-state index < -0.39 is 16.0 Å². The Morgan fingerprint density at radius 1 is 1.50 bits per heavy atom. The molecular formula is C12H14ClNO5S. The van der Waals surface area contributed by atoms with Gasteiger partial charge in [0.2, 0.25) is 10.0 Å². The molecule has 1 aromatic rings. The van der Waals surface area contributed by atoms with E-state index >= 15 is 0 Å². The number of carboxylic acids is 1. The molecule has 20 heavy (non-hydrogen) atoms. The maximum Gasteiger partial charge on any atom is 0.337 e. The van der Waals surface area contributed by atoms with Crippen LogP contribution in [0.4, 0.5) is 5.69 Å². The Bertz CT molecular complexity index is 610. The number of ether oxygens (including phenoxy) is 1. The van der Waals surface area contributed by atoms with E-state index in [2.05, 4.69) is 4.72 Å². The number of carbonyl (C=O) groups is 1. The molecule has 110 valence electrons. The van der Waals surface area contributed by atoms with Crippen LogP contribution in [-0.2, 0) is 14.8 Å². The van der Waals surface area contributed by atoms with Crippen LogP contribution < -0.4 is 4.72 Å². The van der Waals surface area contributed by atoms with Gasteiger partial charge in [-0.2, -0.15) is 0 Å². The number of sulfonamides is 1. The van der Waals surface area contributed by atoms with Gasteiger partial charge in [-0.3, -0.25) is 4.72 Å². The zero-order valence-corrected chi connectivity index (χ0v) is 12.1. The van der Waals surface area contributed by atoms with E-state index in [9.17, 15) is 13.2 Å². The zero-order chi connectivity index (χ0) is 14.8. The standard InChI is InChI=1S/C12H14ClNO5S/c13-8-3-4-11(10(6-8)12(15)16)14-20(17,18)7-9-2-1-5-19-9/h3-4,6,9,14H,1-2,5,7H2,(H,15,16). The minimum Gasteiger partial charge on any atom is -0.478 e. The summed E-state index contributed by atoms with van der Waals surface area (Å²) in [5.74, 6) is -1.43.